The van der Waals surface area contributed by atoms with E-state index in [4.69, 9.17) is 22.7 Å². The highest BCUT2D eigenvalue weighted by molar-refractivity contribution is 6.11. The number of aromatic nitrogens is 3. The lowest BCUT2D eigenvalue weighted by Gasteiger charge is -2.31. The number of anilines is 1. The van der Waals surface area contributed by atoms with Gasteiger partial charge in [0.05, 0.1) is 32.4 Å². The molecule has 144 valence electrons. The average Bonchev–Trinajstić information content (AvgIpc) is 3.41. The monoisotopic (exact) mass is 382 g/mol. The predicted molar refractivity (Wildman–Crippen MR) is 117 cm³/mol. The maximum absolute atomic E-state index is 5.92. The Labute approximate surface area is 172 Å². The Morgan fingerprint density at radius 2 is 2.00 bits per heavy atom. The zero-order chi connectivity index (χ0) is 19.8. The number of rotatable bonds is 4. The van der Waals surface area contributed by atoms with Gasteiger partial charge in [0.15, 0.2) is 5.82 Å². The molecule has 1 saturated heterocycles. The highest BCUT2D eigenvalue weighted by atomic mass is 16.5. The summed E-state index contributed by atoms with van der Waals surface area (Å²) < 4.78 is 7.42. The fourth-order valence-electron chi connectivity index (χ4n) is 4.08. The molecule has 2 radical (unpaired) electrons. The van der Waals surface area contributed by atoms with Gasteiger partial charge in [0, 0.05) is 42.2 Å². The van der Waals surface area contributed by atoms with Crippen molar-refractivity contribution in [1.29, 1.82) is 0 Å². The number of allylic oxidation sites excluding steroid dienone is 1. The second-order valence-corrected chi connectivity index (χ2v) is 7.66. The molecule has 0 N–H and O–H groups in total. The normalized spacial score (nSPS) is 16.0. The quantitative estimate of drug-likeness (QED) is 0.647. The van der Waals surface area contributed by atoms with Crippen LogP contribution in [0.2, 0.25) is 6.32 Å². The van der Waals surface area contributed by atoms with Crippen molar-refractivity contribution in [2.45, 2.75) is 19.7 Å². The topological polar surface area (TPSA) is 43.2 Å². The number of fused-ring (bicyclic) bond motifs is 1. The zero-order valence-corrected chi connectivity index (χ0v) is 16.6. The first-order valence-corrected chi connectivity index (χ1v) is 10.1. The van der Waals surface area contributed by atoms with Crippen LogP contribution in [-0.4, -0.2) is 48.9 Å². The van der Waals surface area contributed by atoms with Gasteiger partial charge in [-0.15, -0.1) is 0 Å². The maximum Gasteiger partial charge on any atom is 0.156 e. The van der Waals surface area contributed by atoms with Gasteiger partial charge >= 0.3 is 0 Å². The van der Waals surface area contributed by atoms with Gasteiger partial charge in [0.1, 0.15) is 0 Å². The van der Waals surface area contributed by atoms with E-state index < -0.39 is 0 Å². The third kappa shape index (κ3) is 3.49. The van der Waals surface area contributed by atoms with Crippen LogP contribution >= 0.6 is 0 Å². The molecule has 29 heavy (non-hydrogen) atoms. The van der Waals surface area contributed by atoms with Crippen LogP contribution in [0.5, 0.6) is 0 Å². The third-order valence-electron chi connectivity index (χ3n) is 5.62. The number of benzene rings is 1. The maximum atomic E-state index is 5.92. The number of aryl methyl sites for hydroxylation is 1. The predicted octanol–water partition coefficient (Wildman–Crippen LogP) is 3.61. The van der Waals surface area contributed by atoms with Crippen LogP contribution in [0.1, 0.15) is 16.8 Å². The second kappa shape index (κ2) is 7.52. The van der Waals surface area contributed by atoms with E-state index >= 15 is 0 Å². The van der Waals surface area contributed by atoms with Gasteiger partial charge in [-0.3, -0.25) is 0 Å². The summed E-state index contributed by atoms with van der Waals surface area (Å²) in [5, 5.41) is 4.81. The van der Waals surface area contributed by atoms with Crippen molar-refractivity contribution in [2.24, 2.45) is 0 Å². The van der Waals surface area contributed by atoms with E-state index in [1.54, 1.807) is 0 Å². The van der Waals surface area contributed by atoms with E-state index in [2.05, 4.69) is 48.2 Å². The summed E-state index contributed by atoms with van der Waals surface area (Å²) >= 11 is 0. The van der Waals surface area contributed by atoms with Crippen LogP contribution in [-0.2, 0) is 11.2 Å². The van der Waals surface area contributed by atoms with Gasteiger partial charge in [-0.2, -0.15) is 5.10 Å². The van der Waals surface area contributed by atoms with E-state index in [0.717, 1.165) is 55.5 Å². The summed E-state index contributed by atoms with van der Waals surface area (Å²) in [7, 11) is 5.92. The smallest absolute Gasteiger partial charge is 0.156 e. The van der Waals surface area contributed by atoms with Gasteiger partial charge in [-0.1, -0.05) is 35.7 Å². The molecule has 0 saturated carbocycles. The Morgan fingerprint density at radius 3 is 2.79 bits per heavy atom. The van der Waals surface area contributed by atoms with E-state index in [-0.39, 0.29) is 0 Å². The van der Waals surface area contributed by atoms with Crippen molar-refractivity contribution in [1.82, 2.24) is 14.8 Å². The Morgan fingerprint density at radius 1 is 1.14 bits per heavy atom. The van der Waals surface area contributed by atoms with Gasteiger partial charge in [0.25, 0.3) is 0 Å². The van der Waals surface area contributed by atoms with Gasteiger partial charge in [0.2, 0.25) is 0 Å². The molecule has 1 aromatic carbocycles. The Hall–Kier alpha value is -2.86. The lowest BCUT2D eigenvalue weighted by atomic mass is 9.95. The molecule has 2 aromatic heterocycles. The minimum absolute atomic E-state index is 0.563. The largest absolute Gasteiger partial charge is 0.378 e. The van der Waals surface area contributed by atoms with Crippen LogP contribution in [0.15, 0.2) is 48.2 Å². The van der Waals surface area contributed by atoms with Crippen LogP contribution in [0.4, 0.5) is 5.69 Å². The highest BCUT2D eigenvalue weighted by Crippen LogP contribution is 2.35. The number of nitrogens with zero attached hydrogens (tertiary/aromatic N) is 4. The molecule has 0 bridgehead atoms. The van der Waals surface area contributed by atoms with Crippen molar-refractivity contribution >= 4 is 19.6 Å². The first kappa shape index (κ1) is 18.2. The van der Waals surface area contributed by atoms with Crippen LogP contribution in [0, 0.1) is 6.92 Å². The van der Waals surface area contributed by atoms with Gasteiger partial charge < -0.3 is 9.64 Å². The highest BCUT2D eigenvalue weighted by Gasteiger charge is 2.23. The number of pyridine rings is 1. The first-order chi connectivity index (χ1) is 14.2. The molecule has 1 aliphatic carbocycles. The number of ether oxygens (including phenoxy) is 1. The van der Waals surface area contributed by atoms with E-state index in [0.29, 0.717) is 6.32 Å². The van der Waals surface area contributed by atoms with Crippen LogP contribution in [0.3, 0.4) is 0 Å². The molecule has 3 aromatic rings. The lowest BCUT2D eigenvalue weighted by Crippen LogP contribution is -2.37. The third-order valence-corrected chi connectivity index (χ3v) is 5.62. The Balaban J connectivity index is 1.56. The van der Waals surface area contributed by atoms with Gasteiger partial charge in [-0.25, -0.2) is 9.67 Å². The number of morpholine rings is 1. The summed E-state index contributed by atoms with van der Waals surface area (Å²) in [6.45, 7) is 5.38. The summed E-state index contributed by atoms with van der Waals surface area (Å²) in [4.78, 5) is 7.31. The van der Waals surface area contributed by atoms with Crippen LogP contribution in [0.25, 0.3) is 23.2 Å². The lowest BCUT2D eigenvalue weighted by molar-refractivity contribution is 0.122. The molecule has 5 nitrogen and oxygen atoms in total. The molecule has 2 aliphatic rings. The first-order valence-electron chi connectivity index (χ1n) is 10.1. The van der Waals surface area contributed by atoms with E-state index in [1.165, 1.54) is 22.4 Å². The molecular weight excluding hydrogens is 359 g/mol. The molecule has 0 amide bonds. The molecule has 6 heteroatoms. The molecule has 3 heterocycles. The summed E-state index contributed by atoms with van der Waals surface area (Å²) in [5.41, 5.74) is 8.01. The van der Waals surface area contributed by atoms with Crippen molar-refractivity contribution in [3.05, 3.63) is 65.0 Å². The molecule has 0 atom stereocenters. The van der Waals surface area contributed by atoms with Crippen molar-refractivity contribution in [3.63, 3.8) is 0 Å². The van der Waals surface area contributed by atoms with Gasteiger partial charge in [-0.05, 0) is 31.6 Å². The summed E-state index contributed by atoms with van der Waals surface area (Å²) in [6.07, 6.45) is 5.55. The summed E-state index contributed by atoms with van der Waals surface area (Å²) in [5.74, 6) is 0.832. The number of hydrogen-bond acceptors (Lipinski definition) is 4. The van der Waals surface area contributed by atoms with Crippen LogP contribution < -0.4 is 4.90 Å². The minimum Gasteiger partial charge on any atom is -0.378 e. The molecule has 1 aliphatic heterocycles. The molecule has 1 fully saturated rings. The van der Waals surface area contributed by atoms with Crippen molar-refractivity contribution in [3.8, 4) is 17.1 Å². The fourth-order valence-corrected chi connectivity index (χ4v) is 4.08. The Kier molecular flexibility index (Phi) is 4.72. The molecule has 5 rings (SSSR count). The zero-order valence-electron chi connectivity index (χ0n) is 16.6. The average molecular weight is 382 g/mol. The van der Waals surface area contributed by atoms with E-state index in [9.17, 15) is 0 Å². The second-order valence-electron chi connectivity index (χ2n) is 7.66. The molecular formula is C23H23BN4O. The van der Waals surface area contributed by atoms with Crippen molar-refractivity contribution in [2.75, 3.05) is 31.2 Å². The van der Waals surface area contributed by atoms with E-state index in [1.807, 2.05) is 16.9 Å². The fraction of sp³-hybridized carbons (Fsp3) is 0.304. The SMILES string of the molecule is [B]CC1=Cc2nc(-n3ccc(-c4cccc(C)c4)n3)cc(N3CCOCC3)c2C1. The van der Waals surface area contributed by atoms with Crippen molar-refractivity contribution < 1.29 is 4.74 Å². The Bertz CT molecular complexity index is 1080. The number of hydrogen-bond donors (Lipinski definition) is 0. The molecule has 0 spiro atoms. The summed E-state index contributed by atoms with van der Waals surface area (Å²) in [6, 6.07) is 12.6. The molecule has 0 unspecified atom stereocenters. The standard InChI is InChI=1S/C23H23BN4O/c1-16-3-2-4-18(11-16)20-5-6-28(26-20)23-14-22(27-7-9-29-10-8-27)19-12-17(15-24)13-21(19)25-23/h2-6,11,13-14H,7-10,12,15H2,1H3. The minimum atomic E-state index is 0.563.